The van der Waals surface area contributed by atoms with Gasteiger partial charge in [-0.3, -0.25) is 9.74 Å². The number of carbonyl (C=O) groups is 1. The molecule has 2 heterocycles. The molecule has 0 bridgehead atoms. The lowest BCUT2D eigenvalue weighted by molar-refractivity contribution is -0.204. The quantitative estimate of drug-likeness (QED) is 0.910. The molecule has 0 aromatic heterocycles. The third-order valence-corrected chi connectivity index (χ3v) is 4.82. The van der Waals surface area contributed by atoms with Gasteiger partial charge < -0.3 is 9.84 Å². The molecule has 2 aliphatic rings. The number of ether oxygens (including phenoxy) is 1. The van der Waals surface area contributed by atoms with Crippen molar-refractivity contribution in [3.8, 4) is 0 Å². The van der Waals surface area contributed by atoms with Crippen molar-refractivity contribution in [1.82, 2.24) is 9.96 Å². The minimum absolute atomic E-state index is 0.0788. The molecule has 0 aliphatic carbocycles. The number of aliphatic hydroxyl groups excluding tert-OH is 1. The predicted molar refractivity (Wildman–Crippen MR) is 93.7 cm³/mol. The van der Waals surface area contributed by atoms with E-state index in [2.05, 4.69) is 20.8 Å². The van der Waals surface area contributed by atoms with Crippen LogP contribution in [0.15, 0.2) is 30.3 Å². The highest BCUT2D eigenvalue weighted by Gasteiger charge is 2.44. The molecule has 3 atom stereocenters. The van der Waals surface area contributed by atoms with Crippen LogP contribution in [-0.4, -0.2) is 58.0 Å². The van der Waals surface area contributed by atoms with Crippen LogP contribution in [0, 0.1) is 0 Å². The second-order valence-corrected chi connectivity index (χ2v) is 7.85. The Kier molecular flexibility index (Phi) is 5.32. The van der Waals surface area contributed by atoms with Crippen LogP contribution in [0.2, 0.25) is 0 Å². The molecule has 2 saturated heterocycles. The summed E-state index contributed by atoms with van der Waals surface area (Å²) in [6, 6.07) is 9.45. The summed E-state index contributed by atoms with van der Waals surface area (Å²) in [5.74, 6) is 0. The van der Waals surface area contributed by atoms with Crippen LogP contribution < -0.4 is 0 Å². The maximum atomic E-state index is 12.5. The summed E-state index contributed by atoms with van der Waals surface area (Å²) >= 11 is 0. The summed E-state index contributed by atoms with van der Waals surface area (Å²) < 4.78 is 5.45. The van der Waals surface area contributed by atoms with Crippen LogP contribution >= 0.6 is 0 Å². The summed E-state index contributed by atoms with van der Waals surface area (Å²) in [7, 11) is 0. The van der Waals surface area contributed by atoms with Crippen molar-refractivity contribution in [2.45, 2.75) is 64.0 Å². The smallest absolute Gasteiger partial charge is 0.410 e. The molecule has 1 aromatic carbocycles. The van der Waals surface area contributed by atoms with E-state index in [1.807, 2.05) is 35.4 Å². The molecule has 0 saturated carbocycles. The third kappa shape index (κ3) is 4.32. The van der Waals surface area contributed by atoms with E-state index < -0.39 is 6.10 Å². The first-order valence-electron chi connectivity index (χ1n) is 8.94. The summed E-state index contributed by atoms with van der Waals surface area (Å²) in [6.07, 6.45) is 0.366. The van der Waals surface area contributed by atoms with Gasteiger partial charge >= 0.3 is 6.09 Å². The molecule has 1 N–H and O–H groups in total. The summed E-state index contributed by atoms with van der Waals surface area (Å²) in [4.78, 5) is 20.2. The number of likely N-dealkylation sites (tertiary alicyclic amines) is 1. The highest BCUT2D eigenvalue weighted by atomic mass is 16.7. The highest BCUT2D eigenvalue weighted by molar-refractivity contribution is 5.68. The number of amides is 1. The SMILES string of the molecule is CC(C)(C)N1CC[C@H]([C@@H]2C[C@@H](O)CN2C(=O)OCc2ccccc2)O1. The van der Waals surface area contributed by atoms with E-state index in [9.17, 15) is 9.90 Å². The first kappa shape index (κ1) is 18.2. The van der Waals surface area contributed by atoms with Crippen LogP contribution in [0.1, 0.15) is 39.2 Å². The maximum absolute atomic E-state index is 12.5. The lowest BCUT2D eigenvalue weighted by Crippen LogP contribution is -2.45. The molecule has 1 amide bonds. The van der Waals surface area contributed by atoms with E-state index in [0.29, 0.717) is 13.0 Å². The van der Waals surface area contributed by atoms with Crippen LogP contribution in [0.3, 0.4) is 0 Å². The molecular weight excluding hydrogens is 320 g/mol. The van der Waals surface area contributed by atoms with Gasteiger partial charge in [-0.1, -0.05) is 30.3 Å². The predicted octanol–water partition coefficient (Wildman–Crippen LogP) is 2.56. The Morgan fingerprint density at radius 3 is 2.68 bits per heavy atom. The van der Waals surface area contributed by atoms with Gasteiger partial charge in [0.1, 0.15) is 12.7 Å². The Hall–Kier alpha value is -1.63. The molecule has 3 rings (SSSR count). The average molecular weight is 348 g/mol. The number of hydroxylamine groups is 2. The Balaban J connectivity index is 1.61. The van der Waals surface area contributed by atoms with Gasteiger partial charge in [0.25, 0.3) is 0 Å². The average Bonchev–Trinajstić information content (AvgIpc) is 3.19. The molecule has 0 radical (unpaired) electrons. The number of hydrogen-bond donors (Lipinski definition) is 1. The van der Waals surface area contributed by atoms with Gasteiger partial charge in [0.2, 0.25) is 0 Å². The molecule has 138 valence electrons. The van der Waals surface area contributed by atoms with E-state index in [4.69, 9.17) is 9.57 Å². The Morgan fingerprint density at radius 2 is 2.04 bits per heavy atom. The molecule has 2 fully saturated rings. The van der Waals surface area contributed by atoms with Gasteiger partial charge in [0.15, 0.2) is 0 Å². The zero-order valence-electron chi connectivity index (χ0n) is 15.2. The molecular formula is C19H28N2O4. The van der Waals surface area contributed by atoms with E-state index in [1.165, 1.54) is 0 Å². The molecule has 0 unspecified atom stereocenters. The third-order valence-electron chi connectivity index (χ3n) is 4.82. The first-order chi connectivity index (χ1) is 11.8. The normalized spacial score (nSPS) is 27.7. The van der Waals surface area contributed by atoms with Gasteiger partial charge in [-0.05, 0) is 39.2 Å². The lowest BCUT2D eigenvalue weighted by atomic mass is 10.1. The molecule has 25 heavy (non-hydrogen) atoms. The largest absolute Gasteiger partial charge is 0.445 e. The fourth-order valence-electron chi connectivity index (χ4n) is 3.48. The van der Waals surface area contributed by atoms with Crippen LogP contribution in [0.4, 0.5) is 4.79 Å². The second kappa shape index (κ2) is 7.32. The first-order valence-corrected chi connectivity index (χ1v) is 8.94. The van der Waals surface area contributed by atoms with E-state index in [0.717, 1.165) is 18.5 Å². The maximum Gasteiger partial charge on any atom is 0.410 e. The summed E-state index contributed by atoms with van der Waals surface area (Å²) in [6.45, 7) is 7.67. The van der Waals surface area contributed by atoms with E-state index in [-0.39, 0.29) is 30.4 Å². The van der Waals surface area contributed by atoms with Gasteiger partial charge in [-0.25, -0.2) is 4.79 Å². The number of aliphatic hydroxyl groups is 1. The minimum atomic E-state index is -0.526. The Morgan fingerprint density at radius 1 is 1.32 bits per heavy atom. The fraction of sp³-hybridized carbons (Fsp3) is 0.632. The second-order valence-electron chi connectivity index (χ2n) is 7.85. The monoisotopic (exact) mass is 348 g/mol. The molecule has 6 nitrogen and oxygen atoms in total. The van der Waals surface area contributed by atoms with Crippen molar-refractivity contribution in [2.75, 3.05) is 13.1 Å². The molecule has 0 spiro atoms. The Labute approximate surface area is 149 Å². The lowest BCUT2D eigenvalue weighted by Gasteiger charge is -2.33. The van der Waals surface area contributed by atoms with Crippen molar-refractivity contribution >= 4 is 6.09 Å². The van der Waals surface area contributed by atoms with E-state index in [1.54, 1.807) is 4.90 Å². The topological polar surface area (TPSA) is 62.2 Å². The fourth-order valence-corrected chi connectivity index (χ4v) is 3.48. The van der Waals surface area contributed by atoms with Gasteiger partial charge in [0, 0.05) is 12.1 Å². The zero-order chi connectivity index (χ0) is 18.0. The number of nitrogens with zero attached hydrogens (tertiary/aromatic N) is 2. The van der Waals surface area contributed by atoms with Crippen molar-refractivity contribution in [1.29, 1.82) is 0 Å². The van der Waals surface area contributed by atoms with Gasteiger partial charge in [-0.15, -0.1) is 0 Å². The van der Waals surface area contributed by atoms with Crippen LogP contribution in [-0.2, 0) is 16.2 Å². The molecule has 2 aliphatic heterocycles. The molecule has 1 aromatic rings. The highest BCUT2D eigenvalue weighted by Crippen LogP contribution is 2.31. The van der Waals surface area contributed by atoms with Crippen molar-refractivity contribution in [3.63, 3.8) is 0 Å². The summed E-state index contributed by atoms with van der Waals surface area (Å²) in [5, 5.41) is 12.0. The zero-order valence-corrected chi connectivity index (χ0v) is 15.2. The number of benzene rings is 1. The van der Waals surface area contributed by atoms with Crippen LogP contribution in [0.25, 0.3) is 0 Å². The number of rotatable bonds is 3. The van der Waals surface area contributed by atoms with Crippen molar-refractivity contribution < 1.29 is 19.5 Å². The van der Waals surface area contributed by atoms with Gasteiger partial charge in [0.05, 0.1) is 18.7 Å². The van der Waals surface area contributed by atoms with Crippen molar-refractivity contribution in [2.24, 2.45) is 0 Å². The number of β-amino-alcohol motifs (C(OH)–C–C–N with tert-alkyl or cyclic N) is 1. The van der Waals surface area contributed by atoms with Gasteiger partial charge in [-0.2, -0.15) is 5.06 Å². The standard InChI is InChI=1S/C19H28N2O4/c1-19(2,3)21-10-9-17(25-21)16-11-15(22)12-20(16)18(23)24-13-14-7-5-4-6-8-14/h4-8,15-17,22H,9-13H2,1-3H3/t15-,16+,17-/m1/s1. The van der Waals surface area contributed by atoms with E-state index >= 15 is 0 Å². The number of hydrogen-bond acceptors (Lipinski definition) is 5. The van der Waals surface area contributed by atoms with Crippen molar-refractivity contribution in [3.05, 3.63) is 35.9 Å². The summed E-state index contributed by atoms with van der Waals surface area (Å²) in [5.41, 5.74) is 0.869. The number of carbonyl (C=O) groups excluding carboxylic acids is 1. The van der Waals surface area contributed by atoms with Crippen LogP contribution in [0.5, 0.6) is 0 Å². The minimum Gasteiger partial charge on any atom is -0.445 e. The molecule has 6 heteroatoms. The Bertz CT molecular complexity index is 587.